The number of fused-ring (bicyclic) bond motifs is 1. The molecule has 0 spiro atoms. The van der Waals surface area contributed by atoms with Gasteiger partial charge in [-0.1, -0.05) is 32.4 Å². The molecule has 0 saturated carbocycles. The van der Waals surface area contributed by atoms with Crippen molar-refractivity contribution in [1.82, 2.24) is 9.71 Å². The van der Waals surface area contributed by atoms with Gasteiger partial charge in [0, 0.05) is 11.9 Å². The zero-order valence-electron chi connectivity index (χ0n) is 12.4. The molecule has 1 aromatic carbocycles. The first-order valence-corrected chi connectivity index (χ1v) is 8.59. The first-order valence-electron chi connectivity index (χ1n) is 6.73. The Balaban J connectivity index is 2.22. The molecule has 0 bridgehead atoms. The third-order valence-electron chi connectivity index (χ3n) is 3.10. The summed E-state index contributed by atoms with van der Waals surface area (Å²) >= 11 is 5.82. The molecule has 0 atom stereocenters. The summed E-state index contributed by atoms with van der Waals surface area (Å²) < 4.78 is 27.2. The fourth-order valence-corrected chi connectivity index (χ4v) is 3.11. The zero-order valence-corrected chi connectivity index (χ0v) is 13.9. The lowest BCUT2D eigenvalue weighted by Crippen LogP contribution is -2.27. The fourth-order valence-electron chi connectivity index (χ4n) is 1.89. The summed E-state index contributed by atoms with van der Waals surface area (Å²) in [6.07, 6.45) is 0.775. The minimum Gasteiger partial charge on any atom is -0.236 e. The van der Waals surface area contributed by atoms with Crippen molar-refractivity contribution in [3.63, 3.8) is 0 Å². The monoisotopic (exact) mass is 326 g/mol. The highest BCUT2D eigenvalue weighted by Gasteiger charge is 2.16. The Bertz CT molecular complexity index is 752. The quantitative estimate of drug-likeness (QED) is 0.873. The molecule has 21 heavy (non-hydrogen) atoms. The molecule has 0 fully saturated rings. The number of sulfonamides is 1. The van der Waals surface area contributed by atoms with Crippen molar-refractivity contribution in [3.8, 4) is 0 Å². The van der Waals surface area contributed by atoms with Gasteiger partial charge in [0.15, 0.2) is 0 Å². The number of nitrogens with one attached hydrogen (secondary N) is 1. The highest BCUT2D eigenvalue weighted by atomic mass is 35.5. The molecule has 2 rings (SSSR count). The van der Waals surface area contributed by atoms with Crippen molar-refractivity contribution in [1.29, 1.82) is 0 Å². The third-order valence-corrected chi connectivity index (χ3v) is 4.77. The average molecular weight is 327 g/mol. The Morgan fingerprint density at radius 3 is 2.57 bits per heavy atom. The van der Waals surface area contributed by atoms with Crippen LogP contribution in [-0.4, -0.2) is 19.9 Å². The maximum atomic E-state index is 12.3. The summed E-state index contributed by atoms with van der Waals surface area (Å²) in [5, 5.41) is 1.14. The van der Waals surface area contributed by atoms with Crippen LogP contribution in [0.1, 0.15) is 27.2 Å². The number of pyridine rings is 1. The molecule has 1 N–H and O–H groups in total. The highest BCUT2D eigenvalue weighted by molar-refractivity contribution is 7.89. The van der Waals surface area contributed by atoms with Crippen LogP contribution < -0.4 is 4.72 Å². The number of benzene rings is 1. The van der Waals surface area contributed by atoms with Crippen LogP contribution >= 0.6 is 11.6 Å². The minimum absolute atomic E-state index is 0.0899. The Morgan fingerprint density at radius 2 is 1.90 bits per heavy atom. The maximum absolute atomic E-state index is 12.3. The van der Waals surface area contributed by atoms with Gasteiger partial charge in [-0.2, -0.15) is 0 Å². The molecule has 2 aromatic rings. The van der Waals surface area contributed by atoms with Gasteiger partial charge in [0.05, 0.1) is 10.4 Å². The predicted molar refractivity (Wildman–Crippen MR) is 86.0 cm³/mol. The number of rotatable bonds is 4. The molecular formula is C15H19ClN2O2S. The lowest BCUT2D eigenvalue weighted by atomic mass is 9.93. The number of hydrogen-bond donors (Lipinski definition) is 1. The van der Waals surface area contributed by atoms with Crippen molar-refractivity contribution < 1.29 is 8.42 Å². The van der Waals surface area contributed by atoms with E-state index in [2.05, 4.69) is 30.5 Å². The lowest BCUT2D eigenvalue weighted by Gasteiger charge is -2.18. The third kappa shape index (κ3) is 4.40. The lowest BCUT2D eigenvalue weighted by molar-refractivity contribution is 0.378. The smallest absolute Gasteiger partial charge is 0.236 e. The zero-order chi connectivity index (χ0) is 15.7. The summed E-state index contributed by atoms with van der Waals surface area (Å²) in [6, 6.07) is 8.23. The van der Waals surface area contributed by atoms with Crippen LogP contribution in [0.2, 0.25) is 5.15 Å². The van der Waals surface area contributed by atoms with E-state index in [1.54, 1.807) is 30.3 Å². The van der Waals surface area contributed by atoms with Gasteiger partial charge in [-0.15, -0.1) is 0 Å². The number of halogens is 1. The largest absolute Gasteiger partial charge is 0.240 e. The van der Waals surface area contributed by atoms with E-state index >= 15 is 0 Å². The van der Waals surface area contributed by atoms with E-state index < -0.39 is 10.0 Å². The fraction of sp³-hybridized carbons (Fsp3) is 0.400. The van der Waals surface area contributed by atoms with E-state index in [0.717, 1.165) is 11.8 Å². The van der Waals surface area contributed by atoms with Gasteiger partial charge in [0.2, 0.25) is 10.0 Å². The molecule has 4 nitrogen and oxygen atoms in total. The molecule has 1 aromatic heterocycles. The van der Waals surface area contributed by atoms with Crippen LogP contribution in [0.15, 0.2) is 35.2 Å². The van der Waals surface area contributed by atoms with Crippen LogP contribution in [0, 0.1) is 5.41 Å². The van der Waals surface area contributed by atoms with Gasteiger partial charge in [0.1, 0.15) is 5.15 Å². The van der Waals surface area contributed by atoms with Crippen molar-refractivity contribution in [2.75, 3.05) is 6.54 Å². The molecule has 0 aliphatic rings. The van der Waals surface area contributed by atoms with Gasteiger partial charge in [-0.05, 0) is 42.2 Å². The Morgan fingerprint density at radius 1 is 1.19 bits per heavy atom. The summed E-state index contributed by atoms with van der Waals surface area (Å²) in [7, 11) is -3.50. The summed E-state index contributed by atoms with van der Waals surface area (Å²) in [6.45, 7) is 6.65. The van der Waals surface area contributed by atoms with E-state index in [9.17, 15) is 8.42 Å². The van der Waals surface area contributed by atoms with Gasteiger partial charge < -0.3 is 0 Å². The van der Waals surface area contributed by atoms with Crippen LogP contribution in [0.4, 0.5) is 0 Å². The summed E-state index contributed by atoms with van der Waals surface area (Å²) in [4.78, 5) is 4.39. The molecule has 0 radical (unpaired) electrons. The van der Waals surface area contributed by atoms with E-state index in [-0.39, 0.29) is 10.3 Å². The topological polar surface area (TPSA) is 59.1 Å². The van der Waals surface area contributed by atoms with Crippen molar-refractivity contribution in [2.45, 2.75) is 32.1 Å². The van der Waals surface area contributed by atoms with Crippen LogP contribution in [-0.2, 0) is 10.0 Å². The van der Waals surface area contributed by atoms with E-state index in [1.165, 1.54) is 0 Å². The first-order chi connectivity index (χ1) is 9.67. The molecule has 0 amide bonds. The first kappa shape index (κ1) is 16.2. The maximum Gasteiger partial charge on any atom is 0.240 e. The second-order valence-corrected chi connectivity index (χ2v) is 8.35. The van der Waals surface area contributed by atoms with Crippen LogP contribution in [0.25, 0.3) is 10.9 Å². The molecule has 6 heteroatoms. The molecule has 0 unspecified atom stereocenters. The molecular weight excluding hydrogens is 308 g/mol. The molecule has 0 saturated heterocycles. The number of nitrogens with zero attached hydrogens (tertiary/aromatic N) is 1. The van der Waals surface area contributed by atoms with Crippen LogP contribution in [0.3, 0.4) is 0 Å². The predicted octanol–water partition coefficient (Wildman–Crippen LogP) is 3.60. The van der Waals surface area contributed by atoms with E-state index in [0.29, 0.717) is 17.2 Å². The Hall–Kier alpha value is -1.17. The SMILES string of the molecule is CC(C)(C)CCNS(=O)(=O)c1ccc2nc(Cl)ccc2c1. The summed E-state index contributed by atoms with van der Waals surface area (Å²) in [5.41, 5.74) is 0.767. The average Bonchev–Trinajstić information content (AvgIpc) is 2.36. The molecule has 0 aliphatic carbocycles. The second kappa shape index (κ2) is 5.91. The van der Waals surface area contributed by atoms with Crippen molar-refractivity contribution in [3.05, 3.63) is 35.5 Å². The Labute approximate surface area is 130 Å². The minimum atomic E-state index is -3.50. The van der Waals surface area contributed by atoms with Gasteiger partial charge >= 0.3 is 0 Å². The number of aromatic nitrogens is 1. The molecule has 0 aliphatic heterocycles. The van der Waals surface area contributed by atoms with Crippen molar-refractivity contribution in [2.24, 2.45) is 5.41 Å². The van der Waals surface area contributed by atoms with Crippen molar-refractivity contribution >= 4 is 32.5 Å². The summed E-state index contributed by atoms with van der Waals surface area (Å²) in [5.74, 6) is 0. The highest BCUT2D eigenvalue weighted by Crippen LogP contribution is 2.21. The molecule has 1 heterocycles. The second-order valence-electron chi connectivity index (χ2n) is 6.20. The Kier molecular flexibility index (Phi) is 4.56. The van der Waals surface area contributed by atoms with Gasteiger partial charge in [-0.25, -0.2) is 18.1 Å². The van der Waals surface area contributed by atoms with Crippen LogP contribution in [0.5, 0.6) is 0 Å². The normalized spacial score (nSPS) is 12.8. The van der Waals surface area contributed by atoms with Gasteiger partial charge in [-0.3, -0.25) is 0 Å². The van der Waals surface area contributed by atoms with E-state index in [1.807, 2.05) is 0 Å². The van der Waals surface area contributed by atoms with E-state index in [4.69, 9.17) is 11.6 Å². The van der Waals surface area contributed by atoms with Gasteiger partial charge in [0.25, 0.3) is 0 Å². The molecule has 114 valence electrons. The standard InChI is InChI=1S/C15H19ClN2O2S/c1-15(2,3)8-9-17-21(19,20)12-5-6-13-11(10-12)4-7-14(16)18-13/h4-7,10,17H,8-9H2,1-3H3. The number of hydrogen-bond acceptors (Lipinski definition) is 3.